The largest absolute Gasteiger partial charge is 0.462 e. The van der Waals surface area contributed by atoms with E-state index in [1.165, 1.54) is 12.1 Å². The normalized spacial score (nSPS) is 15.9. The van der Waals surface area contributed by atoms with E-state index in [1.807, 2.05) is 48.7 Å². The zero-order chi connectivity index (χ0) is 24.1. The number of cyclic esters (lactones) is 1. The van der Waals surface area contributed by atoms with Crippen LogP contribution in [0.15, 0.2) is 54.6 Å². The summed E-state index contributed by atoms with van der Waals surface area (Å²) in [5.74, 6) is -0.436. The minimum atomic E-state index is -0.330. The van der Waals surface area contributed by atoms with Crippen LogP contribution >= 0.6 is 0 Å². The second kappa shape index (κ2) is 10.6. The number of hydrogen-bond donors (Lipinski definition) is 1. The Kier molecular flexibility index (Phi) is 7.40. The average molecular weight is 464 g/mol. The molecule has 1 aromatic heterocycles. The summed E-state index contributed by atoms with van der Waals surface area (Å²) < 4.78 is 21.1. The van der Waals surface area contributed by atoms with Crippen molar-refractivity contribution in [1.82, 2.24) is 14.9 Å². The summed E-state index contributed by atoms with van der Waals surface area (Å²) in [6.07, 6.45) is 3.20. The van der Waals surface area contributed by atoms with Crippen LogP contribution in [0, 0.1) is 5.82 Å². The molecule has 34 heavy (non-hydrogen) atoms. The number of carbonyl (C=O) groups is 2. The molecule has 0 aliphatic carbocycles. The molecule has 1 N–H and O–H groups in total. The van der Waals surface area contributed by atoms with Crippen molar-refractivity contribution in [2.24, 2.45) is 0 Å². The number of amides is 1. The van der Waals surface area contributed by atoms with Crippen molar-refractivity contribution in [3.8, 4) is 11.3 Å². The number of halogens is 1. The zero-order valence-electron chi connectivity index (χ0n) is 19.6. The minimum absolute atomic E-state index is 0.0249. The quantitative estimate of drug-likeness (QED) is 0.465. The lowest BCUT2D eigenvalue weighted by Crippen LogP contribution is -2.28. The fourth-order valence-electron chi connectivity index (χ4n) is 4.40. The highest BCUT2D eigenvalue weighted by Crippen LogP contribution is 2.30. The van der Waals surface area contributed by atoms with Crippen LogP contribution in [0.2, 0.25) is 0 Å². The van der Waals surface area contributed by atoms with Crippen LogP contribution in [-0.4, -0.2) is 27.5 Å². The van der Waals surface area contributed by atoms with Gasteiger partial charge in [0, 0.05) is 30.3 Å². The van der Waals surface area contributed by atoms with E-state index < -0.39 is 0 Å². The van der Waals surface area contributed by atoms with Crippen LogP contribution in [0.3, 0.4) is 0 Å². The number of benzene rings is 2. The first-order valence-corrected chi connectivity index (χ1v) is 11.8. The molecule has 0 saturated carbocycles. The molecule has 1 saturated heterocycles. The molecule has 0 unspecified atom stereocenters. The van der Waals surface area contributed by atoms with E-state index >= 15 is 0 Å². The third-order valence-corrected chi connectivity index (χ3v) is 6.05. The van der Waals surface area contributed by atoms with Gasteiger partial charge in [0.1, 0.15) is 11.9 Å². The predicted molar refractivity (Wildman–Crippen MR) is 128 cm³/mol. The van der Waals surface area contributed by atoms with Crippen LogP contribution in [0.5, 0.6) is 0 Å². The number of carbonyl (C=O) groups excluding carboxylic acids is 2. The molecular formula is C27H30FN3O3. The van der Waals surface area contributed by atoms with Gasteiger partial charge in [-0.3, -0.25) is 9.59 Å². The highest BCUT2D eigenvalue weighted by atomic mass is 19.1. The first-order chi connectivity index (χ1) is 16.4. The molecule has 1 amide bonds. The Balaban J connectivity index is 1.66. The molecular weight excluding hydrogens is 433 g/mol. The first-order valence-electron chi connectivity index (χ1n) is 11.8. The number of aromatic nitrogens is 2. The topological polar surface area (TPSA) is 73.2 Å². The fourth-order valence-corrected chi connectivity index (χ4v) is 4.40. The Hall–Kier alpha value is -3.48. The summed E-state index contributed by atoms with van der Waals surface area (Å²) in [4.78, 5) is 29.7. The Bertz CT molecular complexity index is 1140. The van der Waals surface area contributed by atoms with Crippen molar-refractivity contribution in [2.75, 3.05) is 0 Å². The molecule has 2 aromatic carbocycles. The highest BCUT2D eigenvalue weighted by molar-refractivity contribution is 5.92. The van der Waals surface area contributed by atoms with Gasteiger partial charge in [0.25, 0.3) is 5.91 Å². The zero-order valence-corrected chi connectivity index (χ0v) is 19.6. The summed E-state index contributed by atoms with van der Waals surface area (Å²) in [6.45, 7) is 4.41. The number of hydrogen-bond acceptors (Lipinski definition) is 4. The lowest BCUT2D eigenvalue weighted by molar-refractivity contribution is -0.153. The SMILES string of the molecule is CC(C)n1c(C(=O)NCc2ccccc2)nc(-c2ccc(F)cc2)c1CC[C@@H]1CCCC(=O)O1. The van der Waals surface area contributed by atoms with Gasteiger partial charge < -0.3 is 14.6 Å². The third kappa shape index (κ3) is 5.53. The Labute approximate surface area is 199 Å². The van der Waals surface area contributed by atoms with Crippen LogP contribution in [0.25, 0.3) is 11.3 Å². The van der Waals surface area contributed by atoms with E-state index in [2.05, 4.69) is 5.32 Å². The Morgan fingerprint density at radius 3 is 2.59 bits per heavy atom. The maximum atomic E-state index is 13.6. The van der Waals surface area contributed by atoms with E-state index in [4.69, 9.17) is 9.72 Å². The minimum Gasteiger partial charge on any atom is -0.462 e. The molecule has 178 valence electrons. The number of nitrogens with zero attached hydrogens (tertiary/aromatic N) is 2. The van der Waals surface area contributed by atoms with Crippen molar-refractivity contribution in [3.63, 3.8) is 0 Å². The molecule has 7 heteroatoms. The standard InChI is InChI=1S/C27H30FN3O3/c1-18(2)31-23(16-15-22-9-6-10-24(32)34-22)25(20-11-13-21(28)14-12-20)30-26(31)27(33)29-17-19-7-4-3-5-8-19/h3-5,7-8,11-14,18,22H,6,9-10,15-17H2,1-2H3,(H,29,33)/t22-/m0/s1. The molecule has 0 bridgehead atoms. The summed E-state index contributed by atoms with van der Waals surface area (Å²) in [7, 11) is 0. The van der Waals surface area contributed by atoms with Gasteiger partial charge in [-0.15, -0.1) is 0 Å². The van der Waals surface area contributed by atoms with Gasteiger partial charge in [0.05, 0.1) is 5.69 Å². The summed E-state index contributed by atoms with van der Waals surface area (Å²) >= 11 is 0. The molecule has 1 aliphatic heterocycles. The van der Waals surface area contributed by atoms with Crippen molar-refractivity contribution in [1.29, 1.82) is 0 Å². The number of esters is 1. The summed E-state index contributed by atoms with van der Waals surface area (Å²) in [5, 5.41) is 2.97. The Morgan fingerprint density at radius 2 is 1.91 bits per heavy atom. The monoisotopic (exact) mass is 463 g/mol. The van der Waals surface area contributed by atoms with E-state index in [9.17, 15) is 14.0 Å². The second-order valence-corrected chi connectivity index (χ2v) is 8.91. The molecule has 3 aromatic rings. The van der Waals surface area contributed by atoms with E-state index in [0.29, 0.717) is 37.3 Å². The molecule has 4 rings (SSSR count). The highest BCUT2D eigenvalue weighted by Gasteiger charge is 2.27. The van der Waals surface area contributed by atoms with Gasteiger partial charge in [0.15, 0.2) is 5.82 Å². The molecule has 1 atom stereocenters. The molecule has 1 aliphatic rings. The van der Waals surface area contributed by atoms with Gasteiger partial charge in [-0.25, -0.2) is 9.37 Å². The Morgan fingerprint density at radius 1 is 1.18 bits per heavy atom. The van der Waals surface area contributed by atoms with Crippen molar-refractivity contribution < 1.29 is 18.7 Å². The molecule has 0 radical (unpaired) electrons. The number of rotatable bonds is 8. The number of nitrogens with one attached hydrogen (secondary N) is 1. The van der Waals surface area contributed by atoms with Gasteiger partial charge in [-0.2, -0.15) is 0 Å². The van der Waals surface area contributed by atoms with Crippen molar-refractivity contribution in [3.05, 3.63) is 77.5 Å². The van der Waals surface area contributed by atoms with Gasteiger partial charge >= 0.3 is 5.97 Å². The van der Waals surface area contributed by atoms with Gasteiger partial charge in [-0.05, 0) is 69.4 Å². The van der Waals surface area contributed by atoms with E-state index in [1.54, 1.807) is 12.1 Å². The average Bonchev–Trinajstić information content (AvgIpc) is 3.22. The van der Waals surface area contributed by atoms with E-state index in [-0.39, 0.29) is 29.8 Å². The maximum absolute atomic E-state index is 13.6. The molecule has 1 fully saturated rings. The van der Waals surface area contributed by atoms with Gasteiger partial charge in [-0.1, -0.05) is 30.3 Å². The predicted octanol–water partition coefficient (Wildman–Crippen LogP) is 5.23. The van der Waals surface area contributed by atoms with Crippen LogP contribution in [-0.2, 0) is 22.5 Å². The first kappa shape index (κ1) is 23.7. The summed E-state index contributed by atoms with van der Waals surface area (Å²) in [5.41, 5.74) is 3.28. The third-order valence-electron chi connectivity index (χ3n) is 6.05. The van der Waals surface area contributed by atoms with Crippen molar-refractivity contribution in [2.45, 2.75) is 64.6 Å². The van der Waals surface area contributed by atoms with Crippen molar-refractivity contribution >= 4 is 11.9 Å². The molecule has 6 nitrogen and oxygen atoms in total. The number of ether oxygens (including phenoxy) is 1. The second-order valence-electron chi connectivity index (χ2n) is 8.91. The lowest BCUT2D eigenvalue weighted by atomic mass is 10.0. The van der Waals surface area contributed by atoms with E-state index in [0.717, 1.165) is 29.7 Å². The van der Waals surface area contributed by atoms with Crippen LogP contribution in [0.4, 0.5) is 4.39 Å². The van der Waals surface area contributed by atoms with Crippen LogP contribution < -0.4 is 5.32 Å². The maximum Gasteiger partial charge on any atom is 0.306 e. The van der Waals surface area contributed by atoms with Gasteiger partial charge in [0.2, 0.25) is 0 Å². The van der Waals surface area contributed by atoms with Crippen LogP contribution in [0.1, 0.15) is 67.4 Å². The molecule has 0 spiro atoms. The smallest absolute Gasteiger partial charge is 0.306 e. The number of imidazole rings is 1. The lowest BCUT2D eigenvalue weighted by Gasteiger charge is -2.23. The molecule has 2 heterocycles. The fraction of sp³-hybridized carbons (Fsp3) is 0.370. The summed E-state index contributed by atoms with van der Waals surface area (Å²) in [6, 6.07) is 15.8.